The Balaban J connectivity index is 1.67. The second-order valence-electron chi connectivity index (χ2n) is 10.4. The van der Waals surface area contributed by atoms with E-state index in [0.29, 0.717) is 16.7 Å². The van der Waals surface area contributed by atoms with Gasteiger partial charge in [-0.1, -0.05) is 34.1 Å². The summed E-state index contributed by atoms with van der Waals surface area (Å²) in [5.74, 6) is 5.81. The summed E-state index contributed by atoms with van der Waals surface area (Å²) >= 11 is 0. The molecular formula is C22H35N. The smallest absolute Gasteiger partial charge is 0.0661 e. The van der Waals surface area contributed by atoms with E-state index >= 15 is 0 Å². The number of nitrogens with zero attached hydrogens (tertiary/aromatic N) is 1. The first-order chi connectivity index (χ1) is 10.9. The largest absolute Gasteiger partial charge is 0.198 e. The van der Waals surface area contributed by atoms with E-state index < -0.39 is 0 Å². The molecule has 1 heteroatoms. The van der Waals surface area contributed by atoms with E-state index in [4.69, 9.17) is 0 Å². The Kier molecular flexibility index (Phi) is 3.64. The van der Waals surface area contributed by atoms with Crippen LogP contribution in [0.2, 0.25) is 0 Å². The molecule has 4 saturated carbocycles. The molecule has 1 nitrogen and oxygen atoms in total. The van der Waals surface area contributed by atoms with E-state index in [1.807, 2.05) is 0 Å². The zero-order chi connectivity index (χ0) is 16.4. The van der Waals surface area contributed by atoms with E-state index in [-0.39, 0.29) is 0 Å². The lowest BCUT2D eigenvalue weighted by Gasteiger charge is -2.62. The number of hydrogen-bond donors (Lipinski definition) is 0. The quantitative estimate of drug-likeness (QED) is 0.534. The Labute approximate surface area is 143 Å². The van der Waals surface area contributed by atoms with Crippen molar-refractivity contribution >= 4 is 0 Å². The fourth-order valence-electron chi connectivity index (χ4n) is 8.06. The molecule has 9 atom stereocenters. The molecule has 0 spiro atoms. The minimum atomic E-state index is 0.329. The molecule has 0 saturated heterocycles. The highest BCUT2D eigenvalue weighted by molar-refractivity contribution is 5.13. The third kappa shape index (κ3) is 2.09. The number of rotatable bonds is 0. The van der Waals surface area contributed by atoms with Crippen LogP contribution in [0.25, 0.3) is 0 Å². The van der Waals surface area contributed by atoms with E-state index in [1.165, 1.54) is 51.4 Å². The minimum absolute atomic E-state index is 0.329. The Morgan fingerprint density at radius 1 is 0.870 bits per heavy atom. The molecule has 0 aromatic rings. The molecule has 0 aliphatic heterocycles. The van der Waals surface area contributed by atoms with Gasteiger partial charge in [0.2, 0.25) is 0 Å². The highest BCUT2D eigenvalue weighted by atomic mass is 14.7. The van der Waals surface area contributed by atoms with Gasteiger partial charge in [-0.15, -0.1) is 0 Å². The fraction of sp³-hybridized carbons (Fsp3) is 0.955. The van der Waals surface area contributed by atoms with Crippen molar-refractivity contribution in [2.75, 3.05) is 0 Å². The average molecular weight is 314 g/mol. The third-order valence-electron chi connectivity index (χ3n) is 9.44. The predicted octanol–water partition coefficient (Wildman–Crippen LogP) is 6.05. The maximum Gasteiger partial charge on any atom is 0.0661 e. The molecule has 0 radical (unpaired) electrons. The summed E-state index contributed by atoms with van der Waals surface area (Å²) in [6.45, 7) is 10.2. The van der Waals surface area contributed by atoms with Crippen molar-refractivity contribution in [3.8, 4) is 6.07 Å². The second-order valence-corrected chi connectivity index (χ2v) is 10.4. The molecule has 128 valence electrons. The van der Waals surface area contributed by atoms with Gasteiger partial charge in [-0.25, -0.2) is 0 Å². The van der Waals surface area contributed by atoms with Crippen LogP contribution in [-0.2, 0) is 0 Å². The Morgan fingerprint density at radius 3 is 2.30 bits per heavy atom. The van der Waals surface area contributed by atoms with Gasteiger partial charge in [0.25, 0.3) is 0 Å². The number of fused-ring (bicyclic) bond motifs is 5. The SMILES string of the molecule is CC1CCC2(C)C(C1)CC(C)C1C3CCC(C#N)C3(C)CCC12. The van der Waals surface area contributed by atoms with Crippen LogP contribution in [0.15, 0.2) is 0 Å². The van der Waals surface area contributed by atoms with Crippen LogP contribution in [0.3, 0.4) is 0 Å². The van der Waals surface area contributed by atoms with Gasteiger partial charge in [-0.2, -0.15) is 5.26 Å². The van der Waals surface area contributed by atoms with E-state index in [0.717, 1.165) is 35.5 Å². The van der Waals surface area contributed by atoms with Crippen molar-refractivity contribution in [1.29, 1.82) is 5.26 Å². The molecule has 4 rings (SSSR count). The summed E-state index contributed by atoms with van der Waals surface area (Å²) in [7, 11) is 0. The summed E-state index contributed by atoms with van der Waals surface area (Å²) in [6, 6.07) is 2.69. The van der Waals surface area contributed by atoms with E-state index in [2.05, 4.69) is 33.8 Å². The maximum absolute atomic E-state index is 9.65. The maximum atomic E-state index is 9.65. The van der Waals surface area contributed by atoms with Gasteiger partial charge in [-0.3, -0.25) is 0 Å². The van der Waals surface area contributed by atoms with Gasteiger partial charge >= 0.3 is 0 Å². The predicted molar refractivity (Wildman–Crippen MR) is 94.5 cm³/mol. The summed E-state index contributed by atoms with van der Waals surface area (Å²) in [5.41, 5.74) is 0.936. The van der Waals surface area contributed by atoms with Gasteiger partial charge in [0.15, 0.2) is 0 Å². The normalized spacial score (nSPS) is 58.7. The van der Waals surface area contributed by atoms with Crippen LogP contribution in [0.1, 0.15) is 79.1 Å². The molecule has 4 aliphatic rings. The van der Waals surface area contributed by atoms with Crippen molar-refractivity contribution in [2.45, 2.75) is 79.1 Å². The van der Waals surface area contributed by atoms with Crippen molar-refractivity contribution < 1.29 is 0 Å². The lowest BCUT2D eigenvalue weighted by Crippen LogP contribution is -2.55. The second kappa shape index (κ2) is 5.24. The number of nitriles is 1. The zero-order valence-corrected chi connectivity index (χ0v) is 15.6. The first-order valence-electron chi connectivity index (χ1n) is 10.3. The topological polar surface area (TPSA) is 23.8 Å². The van der Waals surface area contributed by atoms with Crippen LogP contribution >= 0.6 is 0 Å². The van der Waals surface area contributed by atoms with Crippen LogP contribution < -0.4 is 0 Å². The fourth-order valence-corrected chi connectivity index (χ4v) is 8.06. The molecule has 23 heavy (non-hydrogen) atoms. The highest BCUT2D eigenvalue weighted by Gasteiger charge is 2.61. The van der Waals surface area contributed by atoms with Gasteiger partial charge in [0.05, 0.1) is 12.0 Å². The van der Waals surface area contributed by atoms with E-state index in [1.54, 1.807) is 0 Å². The first-order valence-corrected chi connectivity index (χ1v) is 10.3. The minimum Gasteiger partial charge on any atom is -0.198 e. The highest BCUT2D eigenvalue weighted by Crippen LogP contribution is 2.68. The van der Waals surface area contributed by atoms with Crippen LogP contribution in [0.4, 0.5) is 0 Å². The van der Waals surface area contributed by atoms with Crippen molar-refractivity contribution in [3.05, 3.63) is 0 Å². The molecule has 0 amide bonds. The molecule has 0 aromatic heterocycles. The lowest BCUT2D eigenvalue weighted by molar-refractivity contribution is -0.137. The molecule has 0 N–H and O–H groups in total. The number of hydrogen-bond acceptors (Lipinski definition) is 1. The van der Waals surface area contributed by atoms with Crippen molar-refractivity contribution in [3.63, 3.8) is 0 Å². The van der Waals surface area contributed by atoms with Gasteiger partial charge in [0, 0.05) is 0 Å². The molecule has 0 bridgehead atoms. The summed E-state index contributed by atoms with van der Waals surface area (Å²) in [6.07, 6.45) is 11.1. The Bertz CT molecular complexity index is 519. The molecule has 9 unspecified atom stereocenters. The van der Waals surface area contributed by atoms with Crippen LogP contribution in [0.5, 0.6) is 0 Å². The van der Waals surface area contributed by atoms with Gasteiger partial charge in [0.1, 0.15) is 0 Å². The first kappa shape index (κ1) is 16.0. The molecule has 4 aliphatic carbocycles. The standard InChI is InChI=1S/C22H35N/c1-14-7-9-22(4)17(11-14)12-15(2)20-18-6-5-16(13-23)21(18,3)10-8-19(20)22/h14-20H,5-12H2,1-4H3. The van der Waals surface area contributed by atoms with E-state index in [9.17, 15) is 5.26 Å². The molecule has 4 fully saturated rings. The van der Waals surface area contributed by atoms with Crippen molar-refractivity contribution in [2.24, 2.45) is 52.3 Å². The zero-order valence-electron chi connectivity index (χ0n) is 15.6. The average Bonchev–Trinajstić information content (AvgIpc) is 2.85. The summed E-state index contributed by atoms with van der Waals surface area (Å²) in [5, 5.41) is 9.65. The molecule has 0 aromatic carbocycles. The summed E-state index contributed by atoms with van der Waals surface area (Å²) < 4.78 is 0. The molecule has 0 heterocycles. The summed E-state index contributed by atoms with van der Waals surface area (Å²) in [4.78, 5) is 0. The van der Waals surface area contributed by atoms with Crippen molar-refractivity contribution in [1.82, 2.24) is 0 Å². The van der Waals surface area contributed by atoms with Crippen LogP contribution in [0, 0.1) is 63.6 Å². The Morgan fingerprint density at radius 2 is 1.57 bits per heavy atom. The Hall–Kier alpha value is -0.510. The van der Waals surface area contributed by atoms with Crippen LogP contribution in [-0.4, -0.2) is 0 Å². The van der Waals surface area contributed by atoms with Gasteiger partial charge < -0.3 is 0 Å². The lowest BCUT2D eigenvalue weighted by atomic mass is 9.42. The molecular weight excluding hydrogens is 278 g/mol. The third-order valence-corrected chi connectivity index (χ3v) is 9.44. The van der Waals surface area contributed by atoms with Gasteiger partial charge in [-0.05, 0) is 91.3 Å². The monoisotopic (exact) mass is 313 g/mol.